The van der Waals surface area contributed by atoms with Crippen LogP contribution in [0.2, 0.25) is 0 Å². The SMILES string of the molecule is COC(=O)C(C)(C)c1ccc(-c2cc(C(C)=O)cc3ccccc23)cc1. The molecule has 132 valence electrons. The molecule has 0 saturated carbocycles. The van der Waals surface area contributed by atoms with Gasteiger partial charge in [0.25, 0.3) is 0 Å². The van der Waals surface area contributed by atoms with Gasteiger partial charge in [-0.05, 0) is 60.4 Å². The fourth-order valence-corrected chi connectivity index (χ4v) is 3.19. The first-order valence-corrected chi connectivity index (χ1v) is 8.57. The highest BCUT2D eigenvalue weighted by Gasteiger charge is 2.30. The number of rotatable bonds is 4. The molecule has 3 rings (SSSR count). The number of ether oxygens (including phenoxy) is 1. The van der Waals surface area contributed by atoms with Crippen LogP contribution in [0.25, 0.3) is 21.9 Å². The molecule has 0 saturated heterocycles. The van der Waals surface area contributed by atoms with Crippen LogP contribution in [0.4, 0.5) is 0 Å². The molecule has 0 aliphatic rings. The van der Waals surface area contributed by atoms with Crippen molar-refractivity contribution in [2.75, 3.05) is 7.11 Å². The van der Waals surface area contributed by atoms with Gasteiger partial charge in [-0.2, -0.15) is 0 Å². The molecule has 26 heavy (non-hydrogen) atoms. The van der Waals surface area contributed by atoms with Gasteiger partial charge in [-0.15, -0.1) is 0 Å². The lowest BCUT2D eigenvalue weighted by Gasteiger charge is -2.22. The minimum Gasteiger partial charge on any atom is -0.468 e. The van der Waals surface area contributed by atoms with Crippen LogP contribution in [0, 0.1) is 0 Å². The summed E-state index contributed by atoms with van der Waals surface area (Å²) in [5.74, 6) is -0.227. The Morgan fingerprint density at radius 2 is 1.58 bits per heavy atom. The first-order valence-electron chi connectivity index (χ1n) is 8.57. The van der Waals surface area contributed by atoms with Crippen molar-refractivity contribution in [3.05, 3.63) is 71.8 Å². The first kappa shape index (κ1) is 17.9. The van der Waals surface area contributed by atoms with Gasteiger partial charge in [0.05, 0.1) is 12.5 Å². The van der Waals surface area contributed by atoms with Crippen molar-refractivity contribution >= 4 is 22.5 Å². The summed E-state index contributed by atoms with van der Waals surface area (Å²) in [6.45, 7) is 5.27. The van der Waals surface area contributed by atoms with E-state index in [1.807, 2.05) is 68.4 Å². The average molecular weight is 346 g/mol. The Labute approximate surface area is 153 Å². The molecule has 0 amide bonds. The zero-order chi connectivity index (χ0) is 18.9. The van der Waals surface area contributed by atoms with Gasteiger partial charge in [-0.3, -0.25) is 9.59 Å². The van der Waals surface area contributed by atoms with E-state index in [0.717, 1.165) is 27.5 Å². The Balaban J connectivity index is 2.13. The Morgan fingerprint density at radius 1 is 0.923 bits per heavy atom. The van der Waals surface area contributed by atoms with E-state index < -0.39 is 5.41 Å². The largest absolute Gasteiger partial charge is 0.468 e. The highest BCUT2D eigenvalue weighted by molar-refractivity contribution is 6.04. The number of Topliss-reactive ketones (excluding diaryl/α,β-unsaturated/α-hetero) is 1. The summed E-state index contributed by atoms with van der Waals surface area (Å²) in [6, 6.07) is 19.8. The average Bonchev–Trinajstić information content (AvgIpc) is 2.66. The first-order chi connectivity index (χ1) is 12.3. The molecule has 3 nitrogen and oxygen atoms in total. The van der Waals surface area contributed by atoms with E-state index >= 15 is 0 Å². The third-order valence-corrected chi connectivity index (χ3v) is 4.88. The Morgan fingerprint density at radius 3 is 2.19 bits per heavy atom. The van der Waals surface area contributed by atoms with Gasteiger partial charge in [0.2, 0.25) is 0 Å². The third kappa shape index (κ3) is 3.13. The minimum absolute atomic E-state index is 0.0421. The van der Waals surface area contributed by atoms with Crippen LogP contribution in [0.3, 0.4) is 0 Å². The lowest BCUT2D eigenvalue weighted by atomic mass is 9.83. The minimum atomic E-state index is -0.712. The summed E-state index contributed by atoms with van der Waals surface area (Å²) >= 11 is 0. The maximum absolute atomic E-state index is 12.0. The van der Waals surface area contributed by atoms with Gasteiger partial charge in [-0.1, -0.05) is 48.5 Å². The van der Waals surface area contributed by atoms with Crippen molar-refractivity contribution in [2.24, 2.45) is 0 Å². The van der Waals surface area contributed by atoms with E-state index in [0.29, 0.717) is 5.56 Å². The summed E-state index contributed by atoms with van der Waals surface area (Å²) in [5, 5.41) is 2.13. The molecule has 3 heteroatoms. The monoisotopic (exact) mass is 346 g/mol. The van der Waals surface area contributed by atoms with E-state index in [1.165, 1.54) is 7.11 Å². The lowest BCUT2D eigenvalue weighted by Crippen LogP contribution is -2.30. The second kappa shape index (κ2) is 6.75. The molecule has 0 aromatic heterocycles. The van der Waals surface area contributed by atoms with Gasteiger partial charge in [-0.25, -0.2) is 0 Å². The summed E-state index contributed by atoms with van der Waals surface area (Å²) in [7, 11) is 1.40. The summed E-state index contributed by atoms with van der Waals surface area (Å²) < 4.78 is 4.91. The number of methoxy groups -OCH3 is 1. The van der Waals surface area contributed by atoms with Gasteiger partial charge >= 0.3 is 5.97 Å². The van der Waals surface area contributed by atoms with E-state index in [-0.39, 0.29) is 11.8 Å². The smallest absolute Gasteiger partial charge is 0.315 e. The van der Waals surface area contributed by atoms with Crippen molar-refractivity contribution < 1.29 is 14.3 Å². The van der Waals surface area contributed by atoms with Crippen LogP contribution in [0.1, 0.15) is 36.7 Å². The lowest BCUT2D eigenvalue weighted by molar-refractivity contribution is -0.146. The molecule has 0 bridgehead atoms. The van der Waals surface area contributed by atoms with Crippen molar-refractivity contribution in [1.82, 2.24) is 0 Å². The molecule has 0 fully saturated rings. The predicted molar refractivity (Wildman–Crippen MR) is 104 cm³/mol. The molecule has 0 N–H and O–H groups in total. The molecule has 0 heterocycles. The highest BCUT2D eigenvalue weighted by atomic mass is 16.5. The number of hydrogen-bond donors (Lipinski definition) is 0. The normalized spacial score (nSPS) is 11.4. The number of fused-ring (bicyclic) bond motifs is 1. The number of benzene rings is 3. The molecule has 0 radical (unpaired) electrons. The Hall–Kier alpha value is -2.94. The van der Waals surface area contributed by atoms with Gasteiger partial charge in [0.1, 0.15) is 0 Å². The topological polar surface area (TPSA) is 43.4 Å². The number of ketones is 1. The number of esters is 1. The number of hydrogen-bond acceptors (Lipinski definition) is 3. The molecule has 0 spiro atoms. The molecular formula is C23H22O3. The standard InChI is InChI=1S/C23H22O3/c1-15(24)18-13-17-7-5-6-8-20(17)21(14-18)16-9-11-19(12-10-16)23(2,3)22(25)26-4/h5-14H,1-4H3. The van der Waals surface area contributed by atoms with E-state index in [2.05, 4.69) is 6.07 Å². The molecule has 0 atom stereocenters. The van der Waals surface area contributed by atoms with E-state index in [9.17, 15) is 9.59 Å². The van der Waals surface area contributed by atoms with Crippen LogP contribution in [-0.2, 0) is 14.9 Å². The molecule has 0 aliphatic carbocycles. The molecular weight excluding hydrogens is 324 g/mol. The maximum Gasteiger partial charge on any atom is 0.315 e. The number of carbonyl (C=O) groups is 2. The fourth-order valence-electron chi connectivity index (χ4n) is 3.19. The third-order valence-electron chi connectivity index (χ3n) is 4.88. The zero-order valence-corrected chi connectivity index (χ0v) is 15.5. The second-order valence-electron chi connectivity index (χ2n) is 7.00. The predicted octanol–water partition coefficient (Wildman–Crippen LogP) is 5.16. The second-order valence-corrected chi connectivity index (χ2v) is 7.00. The van der Waals surface area contributed by atoms with Crippen molar-refractivity contribution in [1.29, 1.82) is 0 Å². The van der Waals surface area contributed by atoms with Crippen LogP contribution in [0.15, 0.2) is 60.7 Å². The van der Waals surface area contributed by atoms with Crippen LogP contribution >= 0.6 is 0 Å². The van der Waals surface area contributed by atoms with Crippen molar-refractivity contribution in [3.8, 4) is 11.1 Å². The Kier molecular flexibility index (Phi) is 4.64. The van der Waals surface area contributed by atoms with Crippen molar-refractivity contribution in [2.45, 2.75) is 26.2 Å². The zero-order valence-electron chi connectivity index (χ0n) is 15.5. The summed E-state index contributed by atoms with van der Waals surface area (Å²) in [6.07, 6.45) is 0. The van der Waals surface area contributed by atoms with Crippen LogP contribution in [0.5, 0.6) is 0 Å². The van der Waals surface area contributed by atoms with Gasteiger partial charge in [0.15, 0.2) is 5.78 Å². The quantitative estimate of drug-likeness (QED) is 0.484. The molecule has 3 aromatic carbocycles. The number of carbonyl (C=O) groups excluding carboxylic acids is 2. The van der Waals surface area contributed by atoms with Crippen LogP contribution < -0.4 is 0 Å². The summed E-state index contributed by atoms with van der Waals surface area (Å²) in [4.78, 5) is 23.9. The maximum atomic E-state index is 12.0. The van der Waals surface area contributed by atoms with E-state index in [4.69, 9.17) is 4.74 Å². The molecule has 3 aromatic rings. The highest BCUT2D eigenvalue weighted by Crippen LogP contribution is 2.32. The van der Waals surface area contributed by atoms with Gasteiger partial charge in [0, 0.05) is 5.56 Å². The Bertz CT molecular complexity index is 982. The fraction of sp³-hybridized carbons (Fsp3) is 0.217. The van der Waals surface area contributed by atoms with Gasteiger partial charge < -0.3 is 4.74 Å². The molecule has 0 aliphatic heterocycles. The van der Waals surface area contributed by atoms with Crippen molar-refractivity contribution in [3.63, 3.8) is 0 Å². The molecule has 0 unspecified atom stereocenters. The van der Waals surface area contributed by atoms with E-state index in [1.54, 1.807) is 6.92 Å². The van der Waals surface area contributed by atoms with Crippen LogP contribution in [-0.4, -0.2) is 18.9 Å². The summed E-state index contributed by atoms with van der Waals surface area (Å²) in [5.41, 5.74) is 2.89.